The van der Waals surface area contributed by atoms with Gasteiger partial charge in [-0.2, -0.15) is 0 Å². The van der Waals surface area contributed by atoms with Gasteiger partial charge in [-0.25, -0.2) is 0 Å². The van der Waals surface area contributed by atoms with Crippen LogP contribution in [0.1, 0.15) is 49.8 Å². The second-order valence-corrected chi connectivity index (χ2v) is 6.55. The fourth-order valence-corrected chi connectivity index (χ4v) is 3.71. The molecule has 3 rings (SSSR count). The Balaban J connectivity index is 1.86. The Hall–Kier alpha value is -1.35. The van der Waals surface area contributed by atoms with E-state index in [1.807, 2.05) is 6.92 Å². The standard InChI is InChI=1S/C17H23NO2/c1-17(16(19)20)10-11-18(12-17)15-9-5-3-7-13-6-2-4-8-14(13)15/h2,4,6,8,15H,3,5,7,9-12H2,1H3,(H,19,20). The third-order valence-corrected chi connectivity index (χ3v) is 5.05. The number of hydrogen-bond donors (Lipinski definition) is 1. The lowest BCUT2D eigenvalue weighted by Crippen LogP contribution is -2.33. The molecule has 2 atom stereocenters. The van der Waals surface area contributed by atoms with Gasteiger partial charge in [0.1, 0.15) is 0 Å². The Labute approximate surface area is 120 Å². The lowest BCUT2D eigenvalue weighted by atomic mass is 9.90. The molecule has 0 spiro atoms. The van der Waals surface area contributed by atoms with Crippen molar-refractivity contribution in [3.8, 4) is 0 Å². The summed E-state index contributed by atoms with van der Waals surface area (Å²) < 4.78 is 0. The maximum absolute atomic E-state index is 11.4. The van der Waals surface area contributed by atoms with E-state index in [4.69, 9.17) is 0 Å². The molecule has 108 valence electrons. The van der Waals surface area contributed by atoms with Gasteiger partial charge in [-0.1, -0.05) is 30.7 Å². The fraction of sp³-hybridized carbons (Fsp3) is 0.588. The van der Waals surface area contributed by atoms with Crippen LogP contribution in [-0.4, -0.2) is 29.1 Å². The number of aliphatic carboxylic acids is 1. The van der Waals surface area contributed by atoms with Gasteiger partial charge in [-0.15, -0.1) is 0 Å². The van der Waals surface area contributed by atoms with E-state index in [9.17, 15) is 9.90 Å². The Bertz CT molecular complexity index is 513. The van der Waals surface area contributed by atoms with E-state index >= 15 is 0 Å². The topological polar surface area (TPSA) is 40.5 Å². The van der Waals surface area contributed by atoms with Crippen LogP contribution in [0.25, 0.3) is 0 Å². The average molecular weight is 273 g/mol. The van der Waals surface area contributed by atoms with Gasteiger partial charge < -0.3 is 5.11 Å². The number of carbonyl (C=O) groups is 1. The van der Waals surface area contributed by atoms with Crippen molar-refractivity contribution in [2.75, 3.05) is 13.1 Å². The molecule has 1 aliphatic carbocycles. The van der Waals surface area contributed by atoms with Crippen LogP contribution in [0.2, 0.25) is 0 Å². The molecule has 0 amide bonds. The molecule has 0 bridgehead atoms. The maximum Gasteiger partial charge on any atom is 0.310 e. The molecule has 0 aromatic heterocycles. The second-order valence-electron chi connectivity index (χ2n) is 6.55. The molecular weight excluding hydrogens is 250 g/mol. The lowest BCUT2D eigenvalue weighted by Gasteiger charge is -2.29. The van der Waals surface area contributed by atoms with Crippen LogP contribution >= 0.6 is 0 Å². The molecule has 1 aromatic carbocycles. The SMILES string of the molecule is CC1(C(=O)O)CCN(C2CCCCc3ccccc32)C1. The molecule has 1 N–H and O–H groups in total. The minimum atomic E-state index is -0.651. The summed E-state index contributed by atoms with van der Waals surface area (Å²) in [5, 5.41) is 9.41. The normalized spacial score (nSPS) is 30.8. The number of carboxylic acids is 1. The van der Waals surface area contributed by atoms with E-state index in [2.05, 4.69) is 29.2 Å². The van der Waals surface area contributed by atoms with Gasteiger partial charge >= 0.3 is 5.97 Å². The summed E-state index contributed by atoms with van der Waals surface area (Å²) in [6, 6.07) is 9.12. The van der Waals surface area contributed by atoms with Gasteiger partial charge in [0.2, 0.25) is 0 Å². The lowest BCUT2D eigenvalue weighted by molar-refractivity contribution is -0.147. The highest BCUT2D eigenvalue weighted by atomic mass is 16.4. The van der Waals surface area contributed by atoms with Crippen molar-refractivity contribution in [3.05, 3.63) is 35.4 Å². The van der Waals surface area contributed by atoms with E-state index in [1.54, 1.807) is 0 Å². The van der Waals surface area contributed by atoms with Crippen molar-refractivity contribution in [1.82, 2.24) is 4.90 Å². The summed E-state index contributed by atoms with van der Waals surface area (Å²) in [5.41, 5.74) is 2.32. The van der Waals surface area contributed by atoms with Gasteiger partial charge in [0.25, 0.3) is 0 Å². The first-order valence-electron chi connectivity index (χ1n) is 7.65. The second kappa shape index (κ2) is 5.21. The first-order chi connectivity index (χ1) is 9.60. The minimum absolute atomic E-state index is 0.412. The van der Waals surface area contributed by atoms with Crippen molar-refractivity contribution >= 4 is 5.97 Å². The highest BCUT2D eigenvalue weighted by molar-refractivity contribution is 5.74. The molecule has 1 aliphatic heterocycles. The third kappa shape index (κ3) is 2.35. The van der Waals surface area contributed by atoms with E-state index in [0.717, 1.165) is 25.8 Å². The van der Waals surface area contributed by atoms with Crippen LogP contribution in [0.15, 0.2) is 24.3 Å². The number of benzene rings is 1. The molecule has 1 aromatic rings. The van der Waals surface area contributed by atoms with Crippen LogP contribution in [0.4, 0.5) is 0 Å². The van der Waals surface area contributed by atoms with E-state index in [1.165, 1.54) is 24.0 Å². The summed E-state index contributed by atoms with van der Waals surface area (Å²) in [5.74, 6) is -0.651. The minimum Gasteiger partial charge on any atom is -0.481 e. The Kier molecular flexibility index (Phi) is 3.55. The predicted octanol–water partition coefficient (Wildman–Crippen LogP) is 3.25. The van der Waals surface area contributed by atoms with Crippen LogP contribution in [0.3, 0.4) is 0 Å². The number of rotatable bonds is 2. The molecular formula is C17H23NO2. The van der Waals surface area contributed by atoms with Gasteiger partial charge in [0.05, 0.1) is 5.41 Å². The summed E-state index contributed by atoms with van der Waals surface area (Å²) in [7, 11) is 0. The van der Waals surface area contributed by atoms with Crippen LogP contribution < -0.4 is 0 Å². The molecule has 1 saturated heterocycles. The maximum atomic E-state index is 11.4. The number of likely N-dealkylation sites (tertiary alicyclic amines) is 1. The van der Waals surface area contributed by atoms with Crippen LogP contribution in [-0.2, 0) is 11.2 Å². The predicted molar refractivity (Wildman–Crippen MR) is 78.7 cm³/mol. The van der Waals surface area contributed by atoms with Crippen molar-refractivity contribution in [3.63, 3.8) is 0 Å². The van der Waals surface area contributed by atoms with E-state index in [0.29, 0.717) is 12.6 Å². The monoisotopic (exact) mass is 273 g/mol. The number of hydrogen-bond acceptors (Lipinski definition) is 2. The van der Waals surface area contributed by atoms with Crippen LogP contribution in [0.5, 0.6) is 0 Å². The Morgan fingerprint density at radius 1 is 1.35 bits per heavy atom. The van der Waals surface area contributed by atoms with E-state index in [-0.39, 0.29) is 0 Å². The molecule has 0 radical (unpaired) electrons. The molecule has 1 fully saturated rings. The van der Waals surface area contributed by atoms with Gasteiger partial charge in [-0.05, 0) is 50.3 Å². The molecule has 3 nitrogen and oxygen atoms in total. The molecule has 2 aliphatic rings. The summed E-state index contributed by atoms with van der Waals surface area (Å²) in [6.07, 6.45) is 5.57. The fourth-order valence-electron chi connectivity index (χ4n) is 3.71. The molecule has 1 heterocycles. The Morgan fingerprint density at radius 3 is 2.90 bits per heavy atom. The largest absolute Gasteiger partial charge is 0.481 e. The quantitative estimate of drug-likeness (QED) is 0.841. The number of carboxylic acid groups (broad SMARTS) is 1. The molecule has 3 heteroatoms. The molecule has 0 saturated carbocycles. The highest BCUT2D eigenvalue weighted by Gasteiger charge is 2.43. The Morgan fingerprint density at radius 2 is 2.15 bits per heavy atom. The van der Waals surface area contributed by atoms with Crippen molar-refractivity contribution < 1.29 is 9.90 Å². The number of fused-ring (bicyclic) bond motifs is 1. The zero-order chi connectivity index (χ0) is 14.2. The molecule has 20 heavy (non-hydrogen) atoms. The highest BCUT2D eigenvalue weighted by Crippen LogP contribution is 2.40. The summed E-state index contributed by atoms with van der Waals surface area (Å²) >= 11 is 0. The van der Waals surface area contributed by atoms with Crippen LogP contribution in [0, 0.1) is 5.41 Å². The van der Waals surface area contributed by atoms with Crippen molar-refractivity contribution in [2.24, 2.45) is 5.41 Å². The van der Waals surface area contributed by atoms with E-state index < -0.39 is 11.4 Å². The van der Waals surface area contributed by atoms with Gasteiger partial charge in [0.15, 0.2) is 0 Å². The number of nitrogens with zero attached hydrogens (tertiary/aromatic N) is 1. The summed E-state index contributed by atoms with van der Waals surface area (Å²) in [6.45, 7) is 3.47. The zero-order valence-corrected chi connectivity index (χ0v) is 12.1. The van der Waals surface area contributed by atoms with Crippen molar-refractivity contribution in [2.45, 2.75) is 45.1 Å². The zero-order valence-electron chi connectivity index (χ0n) is 12.1. The third-order valence-electron chi connectivity index (χ3n) is 5.05. The van der Waals surface area contributed by atoms with Gasteiger partial charge in [0, 0.05) is 12.6 Å². The molecule has 2 unspecified atom stereocenters. The number of aryl methyl sites for hydroxylation is 1. The first kappa shape index (κ1) is 13.6. The first-order valence-corrected chi connectivity index (χ1v) is 7.65. The van der Waals surface area contributed by atoms with Crippen molar-refractivity contribution in [1.29, 1.82) is 0 Å². The summed E-state index contributed by atoms with van der Waals surface area (Å²) in [4.78, 5) is 13.8. The smallest absolute Gasteiger partial charge is 0.310 e. The average Bonchev–Trinajstić information content (AvgIpc) is 2.72. The van der Waals surface area contributed by atoms with Gasteiger partial charge in [-0.3, -0.25) is 9.69 Å².